The second-order valence-corrected chi connectivity index (χ2v) is 2.61. The number of aliphatic carboxylic acids is 1. The molecule has 0 aliphatic rings. The molecular weight excluding hydrogens is 190 g/mol. The van der Waals surface area contributed by atoms with Crippen LogP contribution in [0.2, 0.25) is 0 Å². The molecule has 0 aromatic carbocycles. The summed E-state index contributed by atoms with van der Waals surface area (Å²) in [5, 5.41) is 8.26. The van der Waals surface area contributed by atoms with Crippen LogP contribution in [0.3, 0.4) is 0 Å². The summed E-state index contributed by atoms with van der Waals surface area (Å²) in [6.07, 6.45) is 3.34. The van der Waals surface area contributed by atoms with Gasteiger partial charge in [-0.05, 0) is 25.0 Å². The molecule has 0 aliphatic heterocycles. The molecule has 1 N–H and O–H groups in total. The highest BCUT2D eigenvalue weighted by Crippen LogP contribution is 2.08. The summed E-state index contributed by atoms with van der Waals surface area (Å²) in [4.78, 5) is 10.1. The topological polar surface area (TPSA) is 37.3 Å². The molecular formula is C10H12F2O2. The predicted octanol–water partition coefficient (Wildman–Crippen LogP) is 3.13. The zero-order valence-corrected chi connectivity index (χ0v) is 7.67. The molecule has 0 aromatic heterocycles. The monoisotopic (exact) mass is 202 g/mol. The van der Waals surface area contributed by atoms with Crippen LogP contribution in [-0.4, -0.2) is 11.1 Å². The van der Waals surface area contributed by atoms with E-state index in [2.05, 4.69) is 6.58 Å². The Morgan fingerprint density at radius 3 is 2.50 bits per heavy atom. The van der Waals surface area contributed by atoms with Crippen LogP contribution in [0.4, 0.5) is 8.78 Å². The van der Waals surface area contributed by atoms with Crippen molar-refractivity contribution in [3.8, 4) is 0 Å². The third-order valence-electron chi connectivity index (χ3n) is 1.40. The lowest BCUT2D eigenvalue weighted by Gasteiger charge is -1.91. The zero-order valence-electron chi connectivity index (χ0n) is 7.67. The van der Waals surface area contributed by atoms with Crippen molar-refractivity contribution >= 4 is 5.97 Å². The van der Waals surface area contributed by atoms with Crippen molar-refractivity contribution in [2.75, 3.05) is 0 Å². The normalized spacial score (nSPS) is 12.7. The quantitative estimate of drug-likeness (QED) is 0.530. The molecule has 78 valence electrons. The minimum atomic E-state index is -0.924. The molecule has 0 saturated carbocycles. The van der Waals surface area contributed by atoms with Gasteiger partial charge in [-0.1, -0.05) is 6.58 Å². The standard InChI is InChI=1S/C10H12F2O2/c1-2-8(11)7-9(12)5-3-4-6-10(13)14/h2,5,7H,1,3-4,6H2,(H,13,14)/b8-7+,9-5+. The van der Waals surface area contributed by atoms with E-state index in [4.69, 9.17) is 5.11 Å². The fourth-order valence-corrected chi connectivity index (χ4v) is 0.743. The average Bonchev–Trinajstić information content (AvgIpc) is 2.12. The first-order valence-electron chi connectivity index (χ1n) is 4.13. The smallest absolute Gasteiger partial charge is 0.303 e. The third kappa shape index (κ3) is 7.21. The second-order valence-electron chi connectivity index (χ2n) is 2.61. The summed E-state index contributed by atoms with van der Waals surface area (Å²) in [6, 6.07) is 0. The van der Waals surface area contributed by atoms with E-state index in [9.17, 15) is 13.6 Å². The van der Waals surface area contributed by atoms with Gasteiger partial charge in [0, 0.05) is 12.5 Å². The highest BCUT2D eigenvalue weighted by atomic mass is 19.1. The SMILES string of the molecule is C=C/C(F)=C\C(F)=C/CCCC(=O)O. The minimum Gasteiger partial charge on any atom is -0.481 e. The van der Waals surface area contributed by atoms with Gasteiger partial charge in [0.25, 0.3) is 0 Å². The van der Waals surface area contributed by atoms with E-state index in [1.54, 1.807) is 0 Å². The largest absolute Gasteiger partial charge is 0.481 e. The zero-order chi connectivity index (χ0) is 11.0. The van der Waals surface area contributed by atoms with Gasteiger partial charge in [-0.2, -0.15) is 0 Å². The summed E-state index contributed by atoms with van der Waals surface area (Å²) in [5.74, 6) is -2.39. The van der Waals surface area contributed by atoms with Crippen LogP contribution >= 0.6 is 0 Å². The predicted molar refractivity (Wildman–Crippen MR) is 50.1 cm³/mol. The first kappa shape index (κ1) is 12.6. The Hall–Kier alpha value is -1.45. The van der Waals surface area contributed by atoms with Crippen LogP contribution in [0.1, 0.15) is 19.3 Å². The maximum Gasteiger partial charge on any atom is 0.303 e. The van der Waals surface area contributed by atoms with Gasteiger partial charge in [0.15, 0.2) is 0 Å². The Morgan fingerprint density at radius 2 is 2.00 bits per heavy atom. The van der Waals surface area contributed by atoms with Crippen LogP contribution in [-0.2, 0) is 4.79 Å². The molecule has 4 heteroatoms. The number of unbranched alkanes of at least 4 members (excludes halogenated alkanes) is 1. The van der Waals surface area contributed by atoms with Crippen molar-refractivity contribution in [2.45, 2.75) is 19.3 Å². The van der Waals surface area contributed by atoms with Gasteiger partial charge in [-0.3, -0.25) is 4.79 Å². The van der Waals surface area contributed by atoms with Gasteiger partial charge in [0.2, 0.25) is 0 Å². The van der Waals surface area contributed by atoms with E-state index < -0.39 is 17.6 Å². The van der Waals surface area contributed by atoms with Crippen molar-refractivity contribution in [1.29, 1.82) is 0 Å². The van der Waals surface area contributed by atoms with E-state index in [1.165, 1.54) is 0 Å². The maximum absolute atomic E-state index is 12.7. The van der Waals surface area contributed by atoms with E-state index in [0.29, 0.717) is 12.5 Å². The van der Waals surface area contributed by atoms with Gasteiger partial charge in [-0.25, -0.2) is 8.78 Å². The van der Waals surface area contributed by atoms with Gasteiger partial charge >= 0.3 is 5.97 Å². The molecule has 0 aromatic rings. The fraction of sp³-hybridized carbons (Fsp3) is 0.300. The number of rotatable bonds is 6. The Bertz CT molecular complexity index is 267. The molecule has 0 unspecified atom stereocenters. The highest BCUT2D eigenvalue weighted by Gasteiger charge is 1.96. The summed E-state index contributed by atoms with van der Waals surface area (Å²) < 4.78 is 25.1. The van der Waals surface area contributed by atoms with E-state index in [-0.39, 0.29) is 12.8 Å². The molecule has 0 saturated heterocycles. The first-order valence-corrected chi connectivity index (χ1v) is 4.13. The number of hydrogen-bond donors (Lipinski definition) is 1. The van der Waals surface area contributed by atoms with Crippen molar-refractivity contribution in [1.82, 2.24) is 0 Å². The molecule has 0 bridgehead atoms. The minimum absolute atomic E-state index is 0.0164. The summed E-state index contributed by atoms with van der Waals surface area (Å²) in [7, 11) is 0. The van der Waals surface area contributed by atoms with Crippen molar-refractivity contribution in [3.05, 3.63) is 36.5 Å². The Morgan fingerprint density at radius 1 is 1.36 bits per heavy atom. The van der Waals surface area contributed by atoms with E-state index in [1.807, 2.05) is 0 Å². The molecule has 0 atom stereocenters. The molecule has 0 aliphatic carbocycles. The average molecular weight is 202 g/mol. The molecule has 0 spiro atoms. The van der Waals surface area contributed by atoms with Crippen LogP contribution in [0, 0.1) is 0 Å². The Balaban J connectivity index is 3.88. The summed E-state index contributed by atoms with van der Waals surface area (Å²) in [5.41, 5.74) is 0. The summed E-state index contributed by atoms with van der Waals surface area (Å²) in [6.45, 7) is 3.12. The van der Waals surface area contributed by atoms with Gasteiger partial charge in [0.1, 0.15) is 11.7 Å². The second kappa shape index (κ2) is 7.00. The molecule has 2 nitrogen and oxygen atoms in total. The van der Waals surface area contributed by atoms with Crippen LogP contribution in [0.25, 0.3) is 0 Å². The van der Waals surface area contributed by atoms with Crippen molar-refractivity contribution < 1.29 is 18.7 Å². The molecule has 0 radical (unpaired) electrons. The number of carbonyl (C=O) groups is 1. The van der Waals surface area contributed by atoms with Gasteiger partial charge in [0.05, 0.1) is 0 Å². The summed E-state index contributed by atoms with van der Waals surface area (Å²) >= 11 is 0. The molecule has 0 fully saturated rings. The van der Waals surface area contributed by atoms with Gasteiger partial charge in [-0.15, -0.1) is 0 Å². The van der Waals surface area contributed by atoms with E-state index in [0.717, 1.165) is 12.2 Å². The van der Waals surface area contributed by atoms with Gasteiger partial charge < -0.3 is 5.11 Å². The lowest BCUT2D eigenvalue weighted by molar-refractivity contribution is -0.137. The third-order valence-corrected chi connectivity index (χ3v) is 1.40. The van der Waals surface area contributed by atoms with Crippen LogP contribution in [0.5, 0.6) is 0 Å². The lowest BCUT2D eigenvalue weighted by atomic mass is 10.2. The van der Waals surface area contributed by atoms with Crippen LogP contribution in [0.15, 0.2) is 36.5 Å². The Labute approximate surface area is 81.2 Å². The van der Waals surface area contributed by atoms with Crippen molar-refractivity contribution in [2.24, 2.45) is 0 Å². The van der Waals surface area contributed by atoms with Crippen molar-refractivity contribution in [3.63, 3.8) is 0 Å². The number of allylic oxidation sites excluding steroid dienone is 5. The molecule has 0 heterocycles. The molecule has 14 heavy (non-hydrogen) atoms. The van der Waals surface area contributed by atoms with E-state index >= 15 is 0 Å². The number of carboxylic acids is 1. The molecule has 0 rings (SSSR count). The first-order chi connectivity index (χ1) is 6.56. The highest BCUT2D eigenvalue weighted by molar-refractivity contribution is 5.66. The molecule has 0 amide bonds. The fourth-order valence-electron chi connectivity index (χ4n) is 0.743. The number of halogens is 2. The van der Waals surface area contributed by atoms with Crippen LogP contribution < -0.4 is 0 Å². The Kier molecular flexibility index (Phi) is 6.28. The maximum atomic E-state index is 12.7. The lowest BCUT2D eigenvalue weighted by Crippen LogP contribution is -1.92. The number of hydrogen-bond acceptors (Lipinski definition) is 1. The number of carboxylic acid groups (broad SMARTS) is 1.